The average Bonchev–Trinajstić information content (AvgIpc) is 3.14. The van der Waals surface area contributed by atoms with Crippen LogP contribution in [0.3, 0.4) is 0 Å². The van der Waals surface area contributed by atoms with E-state index in [1.54, 1.807) is 48.9 Å². The van der Waals surface area contributed by atoms with E-state index in [1.807, 2.05) is 105 Å². The molecule has 1 aliphatic carbocycles. The number of aromatic carboxylic acids is 1. The zero-order chi connectivity index (χ0) is 59.2. The van der Waals surface area contributed by atoms with Gasteiger partial charge in [-0.25, -0.2) is 24.5 Å². The van der Waals surface area contributed by atoms with E-state index in [9.17, 15) is 14.4 Å². The maximum absolute atomic E-state index is 12.2. The van der Waals surface area contributed by atoms with Crippen LogP contribution in [0, 0.1) is 5.92 Å². The van der Waals surface area contributed by atoms with E-state index in [2.05, 4.69) is 103 Å². The van der Waals surface area contributed by atoms with Crippen molar-refractivity contribution in [1.82, 2.24) is 34.7 Å². The first kappa shape index (κ1) is 67.2. The fourth-order valence-electron chi connectivity index (χ4n) is 8.03. The van der Waals surface area contributed by atoms with Crippen molar-refractivity contribution in [1.29, 1.82) is 0 Å². The van der Waals surface area contributed by atoms with Crippen molar-refractivity contribution in [2.24, 2.45) is 16.6 Å². The number of aromatic amines is 1. The Morgan fingerprint density at radius 1 is 0.847 bits per heavy atom. The summed E-state index contributed by atoms with van der Waals surface area (Å²) in [5.41, 5.74) is 12.1. The fraction of sp³-hybridized carbons (Fsp3) is 0.274. The van der Waals surface area contributed by atoms with Crippen molar-refractivity contribution in [3.05, 3.63) is 163 Å². The minimum absolute atomic E-state index is 0. The lowest BCUT2D eigenvalue weighted by atomic mass is 9.88. The first-order chi connectivity index (χ1) is 39.7. The number of carboxylic acid groups (broad SMARTS) is 1. The molecule has 1 saturated heterocycles. The molecule has 1 saturated carbocycles. The van der Waals surface area contributed by atoms with Gasteiger partial charge in [0.05, 0.1) is 40.8 Å². The molecule has 13 rings (SSSR count). The highest BCUT2D eigenvalue weighted by Crippen LogP contribution is 2.32. The van der Waals surface area contributed by atoms with Crippen LogP contribution in [0.1, 0.15) is 101 Å². The molecule has 0 radical (unpaired) electrons. The molecule has 2 fully saturated rings. The summed E-state index contributed by atoms with van der Waals surface area (Å²) in [5, 5.41) is 24.5. The van der Waals surface area contributed by atoms with Crippen LogP contribution in [0.25, 0.3) is 47.7 Å². The molecule has 0 amide bonds. The Morgan fingerprint density at radius 2 is 1.56 bits per heavy atom. The number of thiophene rings is 2. The number of anilines is 4. The number of ketones is 1. The molecule has 3 aliphatic rings. The molecule has 0 bridgehead atoms. The van der Waals surface area contributed by atoms with Gasteiger partial charge < -0.3 is 35.9 Å². The molecule has 1 atom stereocenters. The van der Waals surface area contributed by atoms with Gasteiger partial charge in [-0.3, -0.25) is 9.79 Å². The molecule has 0 spiro atoms. The number of nitrogens with zero attached hydrogens (tertiary/aromatic N) is 7. The van der Waals surface area contributed by atoms with Crippen LogP contribution < -0.4 is 16.4 Å². The van der Waals surface area contributed by atoms with Gasteiger partial charge in [0.15, 0.2) is 11.6 Å². The number of H-pyrrole nitrogens is 1. The van der Waals surface area contributed by atoms with Crippen molar-refractivity contribution < 1.29 is 29.0 Å². The highest BCUT2D eigenvalue weighted by Gasteiger charge is 2.20. The van der Waals surface area contributed by atoms with E-state index in [4.69, 9.17) is 43.5 Å². The molecule has 446 valence electrons. The summed E-state index contributed by atoms with van der Waals surface area (Å²) in [6, 6.07) is 32.8. The molecular weight excluding hydrogens is 1290 g/mol. The summed E-state index contributed by atoms with van der Waals surface area (Å²) in [7, 11) is 0. The third kappa shape index (κ3) is 19.8. The number of Topliss-reactive ketones (excluding diaryl/α,β-unsaturated/α-hetero) is 1. The number of ether oxygens (including phenoxy) is 2. The van der Waals surface area contributed by atoms with Crippen LogP contribution in [0.4, 0.5) is 27.8 Å². The summed E-state index contributed by atoms with van der Waals surface area (Å²) in [6.07, 6.45) is 12.2. The Hall–Kier alpha value is -6.95. The zero-order valence-electron chi connectivity index (χ0n) is 45.8. The Kier molecular flexibility index (Phi) is 24.9. The maximum Gasteiger partial charge on any atom is 0.435 e. The number of carboxylic acids is 1. The second kappa shape index (κ2) is 31.4. The average molecular weight is 1360 g/mol. The van der Waals surface area contributed by atoms with Gasteiger partial charge in [0.25, 0.3) is 0 Å². The minimum atomic E-state index is -0.864. The minimum Gasteiger partial charge on any atom is -0.477 e. The van der Waals surface area contributed by atoms with Crippen molar-refractivity contribution >= 4 is 172 Å². The monoisotopic (exact) mass is 1350 g/mol. The number of nitrogens with one attached hydrogen (secondary N) is 3. The van der Waals surface area contributed by atoms with Gasteiger partial charge in [-0.2, -0.15) is 14.8 Å². The van der Waals surface area contributed by atoms with Gasteiger partial charge in [0, 0.05) is 73.3 Å². The normalized spacial score (nSPS) is 14.0. The zero-order valence-corrected chi connectivity index (χ0v) is 52.1. The molecule has 2 aliphatic heterocycles. The number of benzene rings is 4. The Morgan fingerprint density at radius 3 is 2.18 bits per heavy atom. The number of carbonyl (C=O) groups is 3. The standard InChI is InChI=1S/C16H16ClN5O2.C16H11ClN4S.C10H8BrNO.C9H5BrO2S.C5H10.C4H9NO.2CH4/c1-16(2,3)24-15(23)22-12-5-4-11(8-10(12)9-19-22)20-13-6-7-18-14(17)21-13;17-16-20-13-6-8-22-14(13)15(21-16)19-12-3-1-10(2-4-12)11-5-7-18-9-11;1-6(13)9-4-7-2-3-8(11)5-10(7)12-9;10-6-2-1-5-3-8(9(11)12)13-7(5)4-6;1-5-3-2-4-5;5-4-1-2-6-3-4;;/h4-9H,1-3H3,(H,18,20,21);1-6,8-9H,7H2,(H,19,20,21);2-5,12H,1H3;1-4H,(H,11,12);5H,2-4H2,1H3;4H,1-3,5H2;2*1H4. The third-order valence-electron chi connectivity index (χ3n) is 12.5. The Balaban J connectivity index is 0.000000174. The summed E-state index contributed by atoms with van der Waals surface area (Å²) >= 11 is 21.3. The number of nitrogens with two attached hydrogens (primary N) is 1. The van der Waals surface area contributed by atoms with E-state index in [0.29, 0.717) is 27.9 Å². The lowest BCUT2D eigenvalue weighted by molar-refractivity contribution is 0.0522. The number of hydrogen-bond acceptors (Lipinski definition) is 16. The second-order valence-corrected chi connectivity index (χ2v) is 24.7. The first-order valence-electron chi connectivity index (χ1n) is 26.2. The number of rotatable bonds is 7. The molecule has 23 heteroatoms. The van der Waals surface area contributed by atoms with Crippen molar-refractivity contribution in [2.45, 2.75) is 86.8 Å². The van der Waals surface area contributed by atoms with Crippen LogP contribution >= 0.6 is 77.7 Å². The van der Waals surface area contributed by atoms with Gasteiger partial charge in [-0.1, -0.05) is 103 Å². The smallest absolute Gasteiger partial charge is 0.435 e. The lowest BCUT2D eigenvalue weighted by Gasteiger charge is -2.19. The van der Waals surface area contributed by atoms with Gasteiger partial charge in [-0.15, -0.1) is 22.7 Å². The molecular formula is C62H67Br2Cl2N11O6S2. The van der Waals surface area contributed by atoms with Crippen LogP contribution in [0.5, 0.6) is 0 Å². The summed E-state index contributed by atoms with van der Waals surface area (Å²) in [6.45, 7) is 11.7. The predicted molar refractivity (Wildman–Crippen MR) is 358 cm³/mol. The molecule has 6 aromatic heterocycles. The number of allylic oxidation sites excluding steroid dienone is 1. The molecule has 1 unspecified atom stereocenters. The highest BCUT2D eigenvalue weighted by molar-refractivity contribution is 9.10. The Bertz CT molecular complexity index is 3850. The third-order valence-corrected chi connectivity index (χ3v) is 15.8. The van der Waals surface area contributed by atoms with E-state index >= 15 is 0 Å². The van der Waals surface area contributed by atoms with E-state index in [1.165, 1.54) is 35.3 Å². The van der Waals surface area contributed by atoms with Crippen LogP contribution in [0.2, 0.25) is 10.6 Å². The first-order valence-corrected chi connectivity index (χ1v) is 30.3. The molecule has 10 aromatic rings. The maximum atomic E-state index is 12.2. The molecule has 8 heterocycles. The number of aliphatic imine (C=N–C) groups is 1. The van der Waals surface area contributed by atoms with E-state index in [-0.39, 0.29) is 31.2 Å². The van der Waals surface area contributed by atoms with Crippen molar-refractivity contribution in [3.63, 3.8) is 0 Å². The SMILES string of the molecule is C.C.CC(=O)c1cc2ccc(Br)cc2[nH]1.CC(C)(C)OC(=O)n1ncc2cc(Nc3ccnc(Cl)n3)ccc21.CC1CCC1.Clc1nc(Nc2ccc(C3=CCN=C3)cc2)c2sccc2n1.NC1CCOC1.O=C(O)c1cc2ccc(Br)cc2s1. The molecule has 6 N–H and O–H groups in total. The number of aromatic nitrogens is 7. The number of halogens is 4. The van der Waals surface area contributed by atoms with Crippen molar-refractivity contribution in [2.75, 3.05) is 30.4 Å². The topological polar surface area (TPSA) is 238 Å². The van der Waals surface area contributed by atoms with Crippen LogP contribution in [-0.2, 0) is 9.47 Å². The van der Waals surface area contributed by atoms with Crippen LogP contribution in [0.15, 0.2) is 141 Å². The molecule has 85 heavy (non-hydrogen) atoms. The highest BCUT2D eigenvalue weighted by atomic mass is 79.9. The fourth-order valence-corrected chi connectivity index (χ4v) is 10.9. The van der Waals surface area contributed by atoms with E-state index < -0.39 is 17.7 Å². The lowest BCUT2D eigenvalue weighted by Crippen LogP contribution is -2.27. The summed E-state index contributed by atoms with van der Waals surface area (Å²) in [5.74, 6) is 1.58. The number of hydrogen-bond donors (Lipinski definition) is 5. The predicted octanol–water partition coefficient (Wildman–Crippen LogP) is 17.9. The van der Waals surface area contributed by atoms with Gasteiger partial charge in [0.1, 0.15) is 16.3 Å². The second-order valence-electron chi connectivity index (χ2n) is 20.2. The van der Waals surface area contributed by atoms with Crippen LogP contribution in [-0.4, -0.2) is 95.3 Å². The summed E-state index contributed by atoms with van der Waals surface area (Å²) < 4.78 is 15.5. The Labute approximate surface area is 528 Å². The van der Waals surface area contributed by atoms with Gasteiger partial charge in [-0.05, 0) is 157 Å². The largest absolute Gasteiger partial charge is 0.477 e. The number of fused-ring (bicyclic) bond motifs is 4. The molecule has 4 aromatic carbocycles. The van der Waals surface area contributed by atoms with Crippen molar-refractivity contribution in [3.8, 4) is 0 Å². The quantitative estimate of drug-likeness (QED) is 0.0737. The van der Waals surface area contributed by atoms with E-state index in [0.717, 1.165) is 106 Å². The molecule has 17 nitrogen and oxygen atoms in total. The number of carbonyl (C=O) groups excluding carboxylic acids is 2. The van der Waals surface area contributed by atoms with Gasteiger partial charge in [0.2, 0.25) is 10.6 Å². The van der Waals surface area contributed by atoms with Gasteiger partial charge >= 0.3 is 12.1 Å². The summed E-state index contributed by atoms with van der Waals surface area (Å²) in [4.78, 5) is 57.9.